The molecule has 1 atom stereocenters. The van der Waals surface area contributed by atoms with Gasteiger partial charge in [0, 0.05) is 37.1 Å². The van der Waals surface area contributed by atoms with Crippen LogP contribution in [0.3, 0.4) is 0 Å². The summed E-state index contributed by atoms with van der Waals surface area (Å²) in [7, 11) is 1.81. The van der Waals surface area contributed by atoms with Crippen molar-refractivity contribution in [3.8, 4) is 0 Å². The molecule has 28 heavy (non-hydrogen) atoms. The Hall–Kier alpha value is -1.35. The molecule has 1 aliphatic heterocycles. The molecule has 1 aromatic heterocycles. The molecule has 0 spiro atoms. The molecule has 0 saturated carbocycles. The van der Waals surface area contributed by atoms with Crippen LogP contribution >= 0.6 is 35.3 Å². The summed E-state index contributed by atoms with van der Waals surface area (Å²) in [6.45, 7) is 9.54. The van der Waals surface area contributed by atoms with Gasteiger partial charge in [0.25, 0.3) is 0 Å². The zero-order valence-corrected chi connectivity index (χ0v) is 20.4. The Bertz CT molecular complexity index is 768. The van der Waals surface area contributed by atoms with E-state index in [9.17, 15) is 0 Å². The fourth-order valence-electron chi connectivity index (χ4n) is 3.29. The molecule has 5 nitrogen and oxygen atoms in total. The van der Waals surface area contributed by atoms with E-state index in [1.807, 2.05) is 7.05 Å². The molecular weight excluding hydrogens is 481 g/mol. The molecule has 154 valence electrons. The average molecular weight is 513 g/mol. The van der Waals surface area contributed by atoms with E-state index in [0.29, 0.717) is 12.5 Å². The van der Waals surface area contributed by atoms with Crippen molar-refractivity contribution in [2.24, 2.45) is 4.99 Å². The lowest BCUT2D eigenvalue weighted by molar-refractivity contribution is 0.682. The molecule has 1 unspecified atom stereocenters. The molecule has 1 fully saturated rings. The maximum Gasteiger partial charge on any atom is 0.191 e. The standard InChI is InChI=1S/C21H31N5S.HI/c1-15(2)20-25-18(14-27-20)13-23-21(22-4)24-16(3)17-8-7-9-19(12-17)26-10-5-6-11-26;/h7-9,12,14-16H,5-6,10-11,13H2,1-4H3,(H2,22,23,24);1H. The summed E-state index contributed by atoms with van der Waals surface area (Å²) in [6.07, 6.45) is 2.59. The minimum Gasteiger partial charge on any atom is -0.372 e. The Morgan fingerprint density at radius 1 is 1.25 bits per heavy atom. The van der Waals surface area contributed by atoms with E-state index in [0.717, 1.165) is 11.7 Å². The summed E-state index contributed by atoms with van der Waals surface area (Å²) in [6, 6.07) is 9.02. The first kappa shape index (κ1) is 22.9. The van der Waals surface area contributed by atoms with E-state index in [1.165, 1.54) is 42.2 Å². The number of anilines is 1. The van der Waals surface area contributed by atoms with Gasteiger partial charge in [-0.3, -0.25) is 4.99 Å². The Morgan fingerprint density at radius 3 is 2.64 bits per heavy atom. The van der Waals surface area contributed by atoms with E-state index in [2.05, 4.69) is 75.9 Å². The summed E-state index contributed by atoms with van der Waals surface area (Å²) in [5.74, 6) is 1.28. The highest BCUT2D eigenvalue weighted by Gasteiger charge is 2.14. The summed E-state index contributed by atoms with van der Waals surface area (Å²) in [5, 5.41) is 10.2. The van der Waals surface area contributed by atoms with Crippen molar-refractivity contribution in [1.29, 1.82) is 0 Å². The quantitative estimate of drug-likeness (QED) is 0.328. The number of nitrogens with one attached hydrogen (secondary N) is 2. The van der Waals surface area contributed by atoms with Crippen molar-refractivity contribution in [1.82, 2.24) is 15.6 Å². The van der Waals surface area contributed by atoms with Crippen molar-refractivity contribution in [2.75, 3.05) is 25.0 Å². The number of guanidine groups is 1. The second-order valence-corrected chi connectivity index (χ2v) is 8.30. The van der Waals surface area contributed by atoms with E-state index in [4.69, 9.17) is 0 Å². The lowest BCUT2D eigenvalue weighted by Crippen LogP contribution is -2.38. The zero-order valence-electron chi connectivity index (χ0n) is 17.2. The maximum atomic E-state index is 4.68. The third-order valence-corrected chi connectivity index (χ3v) is 6.11. The van der Waals surface area contributed by atoms with Crippen molar-refractivity contribution in [3.05, 3.63) is 45.9 Å². The molecule has 0 radical (unpaired) electrons. The monoisotopic (exact) mass is 513 g/mol. The molecule has 1 saturated heterocycles. The van der Waals surface area contributed by atoms with Gasteiger partial charge in [-0.2, -0.15) is 0 Å². The minimum atomic E-state index is 0. The molecule has 7 heteroatoms. The van der Waals surface area contributed by atoms with Crippen molar-refractivity contribution in [3.63, 3.8) is 0 Å². The van der Waals surface area contributed by atoms with Crippen LogP contribution < -0.4 is 15.5 Å². The average Bonchev–Trinajstić information content (AvgIpc) is 3.37. The number of benzene rings is 1. The van der Waals surface area contributed by atoms with Gasteiger partial charge in [0.2, 0.25) is 0 Å². The third-order valence-electron chi connectivity index (χ3n) is 4.92. The third kappa shape index (κ3) is 6.07. The lowest BCUT2D eigenvalue weighted by atomic mass is 10.1. The fourth-order valence-corrected chi connectivity index (χ4v) is 4.13. The van der Waals surface area contributed by atoms with Gasteiger partial charge in [0.1, 0.15) is 0 Å². The Labute approximate surface area is 190 Å². The second kappa shape index (κ2) is 11.0. The normalized spacial score (nSPS) is 15.5. The van der Waals surface area contributed by atoms with Gasteiger partial charge >= 0.3 is 0 Å². The summed E-state index contributed by atoms with van der Waals surface area (Å²) < 4.78 is 0. The first-order chi connectivity index (χ1) is 13.1. The number of aromatic nitrogens is 1. The van der Waals surface area contributed by atoms with Crippen LogP contribution in [0.25, 0.3) is 0 Å². The molecule has 1 aromatic carbocycles. The molecular formula is C21H32IN5S. The Kier molecular flexibility index (Phi) is 9.01. The maximum absolute atomic E-state index is 4.68. The molecule has 0 aliphatic carbocycles. The summed E-state index contributed by atoms with van der Waals surface area (Å²) >= 11 is 1.73. The van der Waals surface area contributed by atoms with E-state index >= 15 is 0 Å². The van der Waals surface area contributed by atoms with Crippen LogP contribution in [0.5, 0.6) is 0 Å². The molecule has 0 bridgehead atoms. The largest absolute Gasteiger partial charge is 0.372 e. The fraction of sp³-hybridized carbons (Fsp3) is 0.524. The first-order valence-electron chi connectivity index (χ1n) is 9.83. The van der Waals surface area contributed by atoms with Gasteiger partial charge in [-0.05, 0) is 37.5 Å². The van der Waals surface area contributed by atoms with Crippen molar-refractivity contribution >= 4 is 47.0 Å². The highest BCUT2D eigenvalue weighted by Crippen LogP contribution is 2.24. The van der Waals surface area contributed by atoms with Crippen LogP contribution in [0, 0.1) is 0 Å². The molecule has 0 amide bonds. The molecule has 2 N–H and O–H groups in total. The minimum absolute atomic E-state index is 0. The van der Waals surface area contributed by atoms with Crippen LogP contribution in [-0.2, 0) is 6.54 Å². The highest BCUT2D eigenvalue weighted by atomic mass is 127. The van der Waals surface area contributed by atoms with Gasteiger partial charge in [0.15, 0.2) is 5.96 Å². The number of rotatable bonds is 6. The first-order valence-corrected chi connectivity index (χ1v) is 10.7. The van der Waals surface area contributed by atoms with E-state index in [1.54, 1.807) is 11.3 Å². The van der Waals surface area contributed by atoms with Gasteiger partial charge in [0.05, 0.1) is 23.3 Å². The Morgan fingerprint density at radius 2 is 2.00 bits per heavy atom. The van der Waals surface area contributed by atoms with Crippen molar-refractivity contribution in [2.45, 2.75) is 52.1 Å². The van der Waals surface area contributed by atoms with Gasteiger partial charge in [-0.15, -0.1) is 35.3 Å². The number of nitrogens with zero attached hydrogens (tertiary/aromatic N) is 3. The topological polar surface area (TPSA) is 52.6 Å². The smallest absolute Gasteiger partial charge is 0.191 e. The number of hydrogen-bond donors (Lipinski definition) is 2. The predicted molar refractivity (Wildman–Crippen MR) is 131 cm³/mol. The van der Waals surface area contributed by atoms with Crippen LogP contribution in [-0.4, -0.2) is 31.1 Å². The van der Waals surface area contributed by atoms with Crippen LogP contribution in [0.1, 0.15) is 61.8 Å². The zero-order chi connectivity index (χ0) is 19.2. The lowest BCUT2D eigenvalue weighted by Gasteiger charge is -2.22. The van der Waals surface area contributed by atoms with Gasteiger partial charge in [-0.25, -0.2) is 4.98 Å². The Balaban J connectivity index is 0.00000280. The van der Waals surface area contributed by atoms with E-state index in [-0.39, 0.29) is 30.0 Å². The van der Waals surface area contributed by atoms with E-state index < -0.39 is 0 Å². The SMILES string of the molecule is CN=C(NCc1csc(C(C)C)n1)NC(C)c1cccc(N2CCCC2)c1.I. The van der Waals surface area contributed by atoms with Gasteiger partial charge in [-0.1, -0.05) is 26.0 Å². The number of aliphatic imine (C=N–C) groups is 1. The van der Waals surface area contributed by atoms with Crippen LogP contribution in [0.2, 0.25) is 0 Å². The highest BCUT2D eigenvalue weighted by molar-refractivity contribution is 14.0. The molecule has 2 heterocycles. The van der Waals surface area contributed by atoms with Gasteiger partial charge < -0.3 is 15.5 Å². The van der Waals surface area contributed by atoms with Crippen molar-refractivity contribution < 1.29 is 0 Å². The second-order valence-electron chi connectivity index (χ2n) is 7.41. The molecule has 3 rings (SSSR count). The van der Waals surface area contributed by atoms with Crippen LogP contribution in [0.15, 0.2) is 34.6 Å². The number of hydrogen-bond acceptors (Lipinski definition) is 4. The summed E-state index contributed by atoms with van der Waals surface area (Å²) in [4.78, 5) is 11.5. The number of halogens is 1. The molecule has 1 aliphatic rings. The molecule has 2 aromatic rings. The number of thiazole rings is 1. The van der Waals surface area contributed by atoms with Crippen LogP contribution in [0.4, 0.5) is 5.69 Å². The predicted octanol–water partition coefficient (Wildman–Crippen LogP) is 4.91. The summed E-state index contributed by atoms with van der Waals surface area (Å²) in [5.41, 5.74) is 3.67.